The summed E-state index contributed by atoms with van der Waals surface area (Å²) in [5.41, 5.74) is 1.84. The number of rotatable bonds is 7. The fraction of sp³-hybridized carbons (Fsp3) is 0.273. The number of nitrogens with zero attached hydrogens (tertiary/aromatic N) is 1. The van der Waals surface area contributed by atoms with Crippen LogP contribution in [0.4, 0.5) is 0 Å². The molecule has 4 heteroatoms. The molecule has 2 rings (SSSR count). The molecule has 0 saturated heterocycles. The van der Waals surface area contributed by atoms with Crippen LogP contribution in [0.5, 0.6) is 5.75 Å². The quantitative estimate of drug-likeness (QED) is 0.592. The van der Waals surface area contributed by atoms with Gasteiger partial charge in [-0.3, -0.25) is 4.79 Å². The Morgan fingerprint density at radius 2 is 1.77 bits per heavy atom. The highest BCUT2D eigenvalue weighted by atomic mass is 16.5. The van der Waals surface area contributed by atoms with Gasteiger partial charge in [0, 0.05) is 0 Å². The zero-order valence-corrected chi connectivity index (χ0v) is 15.4. The molecule has 1 amide bonds. The third-order valence-corrected chi connectivity index (χ3v) is 3.79. The molecule has 134 valence electrons. The van der Waals surface area contributed by atoms with Crippen LogP contribution in [0, 0.1) is 17.2 Å². The van der Waals surface area contributed by atoms with E-state index >= 15 is 0 Å². The van der Waals surface area contributed by atoms with Crippen LogP contribution in [0.15, 0.2) is 60.2 Å². The highest BCUT2D eigenvalue weighted by molar-refractivity contribution is 6.01. The standard InChI is InChI=1S/C22H24N2O2/c1-16(2)15-26-21-11-9-18(10-12-21)13-20(14-23)22(25)24-17(3)19-7-5-4-6-8-19/h4-13,16-17H,15H2,1-3H3,(H,24,25)/b20-13-. The van der Waals surface area contributed by atoms with Gasteiger partial charge in [0.05, 0.1) is 12.6 Å². The molecule has 26 heavy (non-hydrogen) atoms. The lowest BCUT2D eigenvalue weighted by molar-refractivity contribution is -0.117. The van der Waals surface area contributed by atoms with Crippen LogP contribution >= 0.6 is 0 Å². The molecular weight excluding hydrogens is 324 g/mol. The highest BCUT2D eigenvalue weighted by Gasteiger charge is 2.13. The molecule has 0 fully saturated rings. The van der Waals surface area contributed by atoms with Crippen molar-refractivity contribution < 1.29 is 9.53 Å². The molecule has 2 aromatic carbocycles. The van der Waals surface area contributed by atoms with Gasteiger partial charge in [-0.05, 0) is 42.2 Å². The Labute approximate surface area is 155 Å². The molecule has 1 N–H and O–H groups in total. The van der Waals surface area contributed by atoms with E-state index in [-0.39, 0.29) is 17.5 Å². The van der Waals surface area contributed by atoms with Crippen LogP contribution in [-0.2, 0) is 4.79 Å². The van der Waals surface area contributed by atoms with Crippen LogP contribution in [0.1, 0.15) is 37.9 Å². The average molecular weight is 348 g/mol. The normalized spacial score (nSPS) is 12.3. The average Bonchev–Trinajstić information content (AvgIpc) is 2.65. The Bertz CT molecular complexity index is 787. The molecule has 2 aromatic rings. The van der Waals surface area contributed by atoms with E-state index in [0.717, 1.165) is 16.9 Å². The summed E-state index contributed by atoms with van der Waals surface area (Å²) in [5, 5.41) is 12.2. The number of hydrogen-bond donors (Lipinski definition) is 1. The number of hydrogen-bond acceptors (Lipinski definition) is 3. The Hall–Kier alpha value is -3.06. The van der Waals surface area contributed by atoms with Crippen molar-refractivity contribution in [3.8, 4) is 11.8 Å². The SMILES string of the molecule is CC(C)COc1ccc(/C=C(/C#N)C(=O)NC(C)c2ccccc2)cc1. The molecule has 4 nitrogen and oxygen atoms in total. The molecule has 0 aromatic heterocycles. The van der Waals surface area contributed by atoms with Gasteiger partial charge in [-0.1, -0.05) is 56.3 Å². The van der Waals surface area contributed by atoms with E-state index in [9.17, 15) is 10.1 Å². The van der Waals surface area contributed by atoms with E-state index in [0.29, 0.717) is 12.5 Å². The molecule has 0 aliphatic rings. The van der Waals surface area contributed by atoms with Gasteiger partial charge in [0.15, 0.2) is 0 Å². The zero-order valence-electron chi connectivity index (χ0n) is 15.4. The van der Waals surface area contributed by atoms with Crippen molar-refractivity contribution in [3.05, 3.63) is 71.3 Å². The summed E-state index contributed by atoms with van der Waals surface area (Å²) in [6.45, 7) is 6.72. The second-order valence-electron chi connectivity index (χ2n) is 6.55. The van der Waals surface area contributed by atoms with Crippen LogP contribution in [-0.4, -0.2) is 12.5 Å². The van der Waals surface area contributed by atoms with E-state index < -0.39 is 0 Å². The maximum atomic E-state index is 12.4. The van der Waals surface area contributed by atoms with Gasteiger partial charge in [0.1, 0.15) is 17.4 Å². The van der Waals surface area contributed by atoms with Crippen LogP contribution in [0.2, 0.25) is 0 Å². The van der Waals surface area contributed by atoms with Crippen molar-refractivity contribution in [3.63, 3.8) is 0 Å². The van der Waals surface area contributed by atoms with Gasteiger partial charge in [-0.15, -0.1) is 0 Å². The summed E-state index contributed by atoms with van der Waals surface area (Å²) in [6, 6.07) is 18.8. The monoisotopic (exact) mass is 348 g/mol. The second kappa shape index (κ2) is 9.43. The van der Waals surface area contributed by atoms with Gasteiger partial charge in [0.2, 0.25) is 0 Å². The van der Waals surface area contributed by atoms with Gasteiger partial charge in [-0.25, -0.2) is 0 Å². The topological polar surface area (TPSA) is 62.1 Å². The van der Waals surface area contributed by atoms with Gasteiger partial charge in [0.25, 0.3) is 5.91 Å². The first kappa shape index (κ1) is 19.3. The van der Waals surface area contributed by atoms with Crippen molar-refractivity contribution >= 4 is 12.0 Å². The van der Waals surface area contributed by atoms with Crippen LogP contribution in [0.3, 0.4) is 0 Å². The second-order valence-corrected chi connectivity index (χ2v) is 6.55. The molecule has 1 unspecified atom stereocenters. The smallest absolute Gasteiger partial charge is 0.262 e. The molecule has 0 saturated carbocycles. The van der Waals surface area contributed by atoms with E-state index in [1.165, 1.54) is 0 Å². The molecule has 0 bridgehead atoms. The molecule has 0 aliphatic carbocycles. The van der Waals surface area contributed by atoms with Crippen molar-refractivity contribution in [2.45, 2.75) is 26.8 Å². The van der Waals surface area contributed by atoms with E-state index in [4.69, 9.17) is 4.74 Å². The first-order chi connectivity index (χ1) is 12.5. The van der Waals surface area contributed by atoms with Crippen molar-refractivity contribution in [2.75, 3.05) is 6.61 Å². The van der Waals surface area contributed by atoms with Gasteiger partial charge < -0.3 is 10.1 Å². The molecule has 0 aliphatic heterocycles. The fourth-order valence-corrected chi connectivity index (χ4v) is 2.34. The van der Waals surface area contributed by atoms with Crippen LogP contribution in [0.25, 0.3) is 6.08 Å². The van der Waals surface area contributed by atoms with Crippen LogP contribution < -0.4 is 10.1 Å². The minimum absolute atomic E-state index is 0.0728. The number of nitriles is 1. The van der Waals surface area contributed by atoms with Crippen molar-refractivity contribution in [1.82, 2.24) is 5.32 Å². The largest absolute Gasteiger partial charge is 0.493 e. The minimum atomic E-state index is -0.385. The Kier molecular flexibility index (Phi) is 6.99. The van der Waals surface area contributed by atoms with Gasteiger partial charge >= 0.3 is 0 Å². The zero-order chi connectivity index (χ0) is 18.9. The van der Waals surface area contributed by atoms with E-state index in [1.54, 1.807) is 6.08 Å². The number of ether oxygens (including phenoxy) is 1. The Balaban J connectivity index is 2.04. The third kappa shape index (κ3) is 5.78. The molecule has 0 heterocycles. The fourth-order valence-electron chi connectivity index (χ4n) is 2.34. The summed E-state index contributed by atoms with van der Waals surface area (Å²) >= 11 is 0. The van der Waals surface area contributed by atoms with Gasteiger partial charge in [-0.2, -0.15) is 5.26 Å². The summed E-state index contributed by atoms with van der Waals surface area (Å²) in [4.78, 5) is 12.4. The first-order valence-electron chi connectivity index (χ1n) is 8.70. The lowest BCUT2D eigenvalue weighted by Gasteiger charge is -2.13. The summed E-state index contributed by atoms with van der Waals surface area (Å²) in [5.74, 6) is 0.843. The minimum Gasteiger partial charge on any atom is -0.493 e. The number of carbonyl (C=O) groups excluding carboxylic acids is 1. The summed E-state index contributed by atoms with van der Waals surface area (Å²) in [6.07, 6.45) is 1.58. The Morgan fingerprint density at radius 1 is 1.12 bits per heavy atom. The number of carbonyl (C=O) groups is 1. The predicted octanol–water partition coefficient (Wildman–Crippen LogP) is 4.51. The first-order valence-corrected chi connectivity index (χ1v) is 8.70. The van der Waals surface area contributed by atoms with Crippen molar-refractivity contribution in [2.24, 2.45) is 5.92 Å². The number of nitrogens with one attached hydrogen (secondary N) is 1. The Morgan fingerprint density at radius 3 is 2.35 bits per heavy atom. The number of benzene rings is 2. The van der Waals surface area contributed by atoms with E-state index in [2.05, 4.69) is 19.2 Å². The highest BCUT2D eigenvalue weighted by Crippen LogP contribution is 2.16. The van der Waals surface area contributed by atoms with E-state index in [1.807, 2.05) is 67.6 Å². The maximum absolute atomic E-state index is 12.4. The molecule has 0 radical (unpaired) electrons. The number of amides is 1. The molecule has 1 atom stereocenters. The lowest BCUT2D eigenvalue weighted by atomic mass is 10.1. The molecular formula is C22H24N2O2. The lowest BCUT2D eigenvalue weighted by Crippen LogP contribution is -2.27. The summed E-state index contributed by atoms with van der Waals surface area (Å²) < 4.78 is 5.64. The summed E-state index contributed by atoms with van der Waals surface area (Å²) in [7, 11) is 0. The maximum Gasteiger partial charge on any atom is 0.262 e. The third-order valence-electron chi connectivity index (χ3n) is 3.79. The predicted molar refractivity (Wildman–Crippen MR) is 103 cm³/mol. The van der Waals surface area contributed by atoms with Crippen molar-refractivity contribution in [1.29, 1.82) is 5.26 Å². The molecule has 0 spiro atoms.